The Kier molecular flexibility index (Phi) is 1.91. The number of thiocarbonyl (C=S) groups is 1. The summed E-state index contributed by atoms with van der Waals surface area (Å²) >= 11 is 9.97. The standard InChI is InChI=1S/C4H5ClO2S/c5-1-3-2-6-4(8)7-3/h3H,1-2H2/t3-/m0/s1. The summed E-state index contributed by atoms with van der Waals surface area (Å²) in [6.45, 7) is 0.502. The van der Waals surface area contributed by atoms with Crippen LogP contribution >= 0.6 is 23.8 Å². The van der Waals surface area contributed by atoms with Gasteiger partial charge in [0.2, 0.25) is 0 Å². The molecule has 0 radical (unpaired) electrons. The van der Waals surface area contributed by atoms with Crippen LogP contribution in [0.2, 0.25) is 0 Å². The Balaban J connectivity index is 2.32. The fourth-order valence-corrected chi connectivity index (χ4v) is 0.797. The summed E-state index contributed by atoms with van der Waals surface area (Å²) in [5, 5.41) is 0.218. The Morgan fingerprint density at radius 3 is 2.88 bits per heavy atom. The van der Waals surface area contributed by atoms with E-state index in [2.05, 4.69) is 12.2 Å². The second kappa shape index (κ2) is 2.51. The molecule has 0 unspecified atom stereocenters. The van der Waals surface area contributed by atoms with E-state index in [1.54, 1.807) is 0 Å². The van der Waals surface area contributed by atoms with Gasteiger partial charge in [0.15, 0.2) is 6.10 Å². The molecule has 0 saturated carbocycles. The third-order valence-corrected chi connectivity index (χ3v) is 1.38. The molecule has 8 heavy (non-hydrogen) atoms. The Labute approximate surface area is 57.7 Å². The summed E-state index contributed by atoms with van der Waals surface area (Å²) < 4.78 is 9.67. The van der Waals surface area contributed by atoms with Crippen molar-refractivity contribution in [3.05, 3.63) is 0 Å². The molecule has 4 heteroatoms. The van der Waals surface area contributed by atoms with Crippen LogP contribution in [0.5, 0.6) is 0 Å². The lowest BCUT2D eigenvalue weighted by molar-refractivity contribution is 0.256. The van der Waals surface area contributed by atoms with Gasteiger partial charge in [0.25, 0.3) is 0 Å². The number of halogens is 1. The van der Waals surface area contributed by atoms with Gasteiger partial charge in [-0.2, -0.15) is 0 Å². The van der Waals surface area contributed by atoms with Crippen molar-refractivity contribution in [3.63, 3.8) is 0 Å². The highest BCUT2D eigenvalue weighted by Gasteiger charge is 2.19. The fourth-order valence-electron chi connectivity index (χ4n) is 0.441. The zero-order valence-electron chi connectivity index (χ0n) is 4.09. The molecular weight excluding hydrogens is 148 g/mol. The van der Waals surface area contributed by atoms with Crippen molar-refractivity contribution < 1.29 is 9.47 Å². The van der Waals surface area contributed by atoms with Crippen molar-refractivity contribution >= 4 is 29.1 Å². The SMILES string of the molecule is S=C1OC[C@H](CCl)O1. The molecule has 1 fully saturated rings. The normalized spacial score (nSPS) is 27.1. The smallest absolute Gasteiger partial charge is 0.352 e. The molecular formula is C4H5ClO2S. The molecule has 1 aliphatic rings. The minimum atomic E-state index is -0.0239. The molecule has 0 aromatic rings. The number of rotatable bonds is 1. The van der Waals surface area contributed by atoms with Gasteiger partial charge in [0, 0.05) is 12.2 Å². The minimum absolute atomic E-state index is 0.0239. The third kappa shape index (κ3) is 1.23. The monoisotopic (exact) mass is 152 g/mol. The average Bonchev–Trinajstić information content (AvgIpc) is 2.14. The highest BCUT2D eigenvalue weighted by atomic mass is 35.5. The topological polar surface area (TPSA) is 18.5 Å². The molecule has 1 heterocycles. The quantitative estimate of drug-likeness (QED) is 0.411. The molecule has 0 amide bonds. The second-order valence-corrected chi connectivity index (χ2v) is 2.10. The van der Waals surface area contributed by atoms with Gasteiger partial charge in [0.1, 0.15) is 6.61 Å². The van der Waals surface area contributed by atoms with Crippen molar-refractivity contribution in [3.8, 4) is 0 Å². The molecule has 46 valence electrons. The summed E-state index contributed by atoms with van der Waals surface area (Å²) in [5.41, 5.74) is 0. The van der Waals surface area contributed by atoms with E-state index >= 15 is 0 Å². The molecule has 1 saturated heterocycles. The van der Waals surface area contributed by atoms with Crippen LogP contribution in [0.15, 0.2) is 0 Å². The van der Waals surface area contributed by atoms with Gasteiger partial charge < -0.3 is 9.47 Å². The van der Waals surface area contributed by atoms with Crippen LogP contribution in [0.1, 0.15) is 0 Å². The predicted molar refractivity (Wildman–Crippen MR) is 34.1 cm³/mol. The molecule has 0 bridgehead atoms. The van der Waals surface area contributed by atoms with Crippen LogP contribution in [0, 0.1) is 0 Å². The van der Waals surface area contributed by atoms with Crippen molar-refractivity contribution in [2.45, 2.75) is 6.10 Å². The summed E-state index contributed by atoms with van der Waals surface area (Å²) in [7, 11) is 0. The van der Waals surface area contributed by atoms with Crippen molar-refractivity contribution in [2.24, 2.45) is 0 Å². The molecule has 0 aromatic carbocycles. The van der Waals surface area contributed by atoms with E-state index < -0.39 is 0 Å². The first kappa shape index (κ1) is 6.11. The van der Waals surface area contributed by atoms with Gasteiger partial charge in [-0.1, -0.05) is 0 Å². The van der Waals surface area contributed by atoms with Crippen LogP contribution in [-0.4, -0.2) is 23.8 Å². The highest BCUT2D eigenvalue weighted by Crippen LogP contribution is 2.06. The molecule has 1 aliphatic heterocycles. The van der Waals surface area contributed by atoms with Crippen molar-refractivity contribution in [1.82, 2.24) is 0 Å². The first-order valence-electron chi connectivity index (χ1n) is 2.22. The van der Waals surface area contributed by atoms with Crippen LogP contribution in [0.25, 0.3) is 0 Å². The van der Waals surface area contributed by atoms with E-state index in [4.69, 9.17) is 21.1 Å². The molecule has 1 atom stereocenters. The van der Waals surface area contributed by atoms with Gasteiger partial charge in [-0.15, -0.1) is 11.6 Å². The average molecular weight is 153 g/mol. The molecule has 0 N–H and O–H groups in total. The maximum Gasteiger partial charge on any atom is 0.352 e. The zero-order valence-corrected chi connectivity index (χ0v) is 5.67. The summed E-state index contributed by atoms with van der Waals surface area (Å²) in [6.07, 6.45) is -0.0239. The number of hydrogen-bond donors (Lipinski definition) is 0. The molecule has 0 aliphatic carbocycles. The lowest BCUT2D eigenvalue weighted by Gasteiger charge is -1.97. The van der Waals surface area contributed by atoms with Gasteiger partial charge in [-0.05, 0) is 0 Å². The lowest BCUT2D eigenvalue weighted by Crippen LogP contribution is -2.10. The van der Waals surface area contributed by atoms with E-state index in [1.807, 2.05) is 0 Å². The zero-order chi connectivity index (χ0) is 5.98. The lowest BCUT2D eigenvalue weighted by atomic mass is 10.4. The Hall–Kier alpha value is -0.0200. The number of hydrogen-bond acceptors (Lipinski definition) is 3. The van der Waals surface area contributed by atoms with Gasteiger partial charge in [-0.3, -0.25) is 0 Å². The first-order chi connectivity index (χ1) is 3.83. The highest BCUT2D eigenvalue weighted by molar-refractivity contribution is 7.79. The predicted octanol–water partition coefficient (Wildman–Crippen LogP) is 0.925. The third-order valence-electron chi connectivity index (χ3n) is 0.822. The Morgan fingerprint density at radius 1 is 1.88 bits per heavy atom. The van der Waals surface area contributed by atoms with Crippen molar-refractivity contribution in [1.29, 1.82) is 0 Å². The van der Waals surface area contributed by atoms with Gasteiger partial charge >= 0.3 is 5.24 Å². The summed E-state index contributed by atoms with van der Waals surface area (Å²) in [4.78, 5) is 0. The van der Waals surface area contributed by atoms with E-state index in [9.17, 15) is 0 Å². The van der Waals surface area contributed by atoms with Crippen molar-refractivity contribution in [2.75, 3.05) is 12.5 Å². The molecule has 0 spiro atoms. The largest absolute Gasteiger partial charge is 0.453 e. The first-order valence-corrected chi connectivity index (χ1v) is 3.16. The van der Waals surface area contributed by atoms with Crippen LogP contribution in [0.3, 0.4) is 0 Å². The van der Waals surface area contributed by atoms with E-state index in [1.165, 1.54) is 0 Å². The van der Waals surface area contributed by atoms with Crippen LogP contribution in [0.4, 0.5) is 0 Å². The van der Waals surface area contributed by atoms with Gasteiger partial charge in [-0.25, -0.2) is 0 Å². The van der Waals surface area contributed by atoms with E-state index in [0.29, 0.717) is 12.5 Å². The Bertz CT molecular complexity index is 106. The maximum atomic E-state index is 5.41. The summed E-state index contributed by atoms with van der Waals surface area (Å²) in [5.74, 6) is 0.445. The minimum Gasteiger partial charge on any atom is -0.453 e. The molecule has 2 nitrogen and oxygen atoms in total. The fraction of sp³-hybridized carbons (Fsp3) is 0.750. The maximum absolute atomic E-state index is 5.41. The molecule has 1 rings (SSSR count). The van der Waals surface area contributed by atoms with E-state index in [0.717, 1.165) is 0 Å². The van der Waals surface area contributed by atoms with Crippen LogP contribution in [-0.2, 0) is 9.47 Å². The molecule has 0 aromatic heterocycles. The van der Waals surface area contributed by atoms with E-state index in [-0.39, 0.29) is 11.3 Å². The van der Waals surface area contributed by atoms with Gasteiger partial charge in [0.05, 0.1) is 5.88 Å². The van der Waals surface area contributed by atoms with Crippen LogP contribution < -0.4 is 0 Å². The second-order valence-electron chi connectivity index (χ2n) is 1.46. The Morgan fingerprint density at radius 2 is 2.62 bits per heavy atom. The number of ether oxygens (including phenoxy) is 2. The summed E-state index contributed by atoms with van der Waals surface area (Å²) in [6, 6.07) is 0. The number of alkyl halides is 1.